The van der Waals surface area contributed by atoms with Gasteiger partial charge in [0, 0.05) is 17.6 Å². The fraction of sp³-hybridized carbons (Fsp3) is 0.294. The second-order valence-corrected chi connectivity index (χ2v) is 5.45. The Morgan fingerprint density at radius 1 is 1.00 bits per heavy atom. The lowest BCUT2D eigenvalue weighted by Gasteiger charge is -2.25. The van der Waals surface area contributed by atoms with E-state index < -0.39 is 0 Å². The van der Waals surface area contributed by atoms with E-state index in [4.69, 9.17) is 11.6 Å². The van der Waals surface area contributed by atoms with Gasteiger partial charge in [-0.1, -0.05) is 60.1 Å². The van der Waals surface area contributed by atoms with E-state index in [1.807, 2.05) is 18.2 Å². The van der Waals surface area contributed by atoms with Crippen LogP contribution < -0.4 is 0 Å². The molecule has 0 aliphatic carbocycles. The molecule has 0 aromatic heterocycles. The van der Waals surface area contributed by atoms with Crippen molar-refractivity contribution in [2.75, 3.05) is 7.05 Å². The topological polar surface area (TPSA) is 3.24 Å². The van der Waals surface area contributed by atoms with Crippen LogP contribution in [0.4, 0.5) is 0 Å². The molecule has 1 unspecified atom stereocenters. The van der Waals surface area contributed by atoms with Crippen molar-refractivity contribution < 1.29 is 0 Å². The first-order valence-corrected chi connectivity index (χ1v) is 7.02. The van der Waals surface area contributed by atoms with Gasteiger partial charge in [0.05, 0.1) is 0 Å². The third-order valence-corrected chi connectivity index (χ3v) is 3.87. The third kappa shape index (κ3) is 4.09. The lowest BCUT2D eigenvalue weighted by atomic mass is 10.1. The van der Waals surface area contributed by atoms with Crippen molar-refractivity contribution >= 4 is 11.6 Å². The molecule has 0 amide bonds. The summed E-state index contributed by atoms with van der Waals surface area (Å²) in [5.41, 5.74) is 2.56. The predicted molar refractivity (Wildman–Crippen MR) is 82.5 cm³/mol. The molecule has 19 heavy (non-hydrogen) atoms. The van der Waals surface area contributed by atoms with Gasteiger partial charge < -0.3 is 0 Å². The molecule has 0 heterocycles. The smallest absolute Gasteiger partial charge is 0.0451 e. The van der Waals surface area contributed by atoms with Crippen LogP contribution in [0.1, 0.15) is 18.1 Å². The van der Waals surface area contributed by atoms with E-state index in [0.717, 1.165) is 18.0 Å². The van der Waals surface area contributed by atoms with E-state index in [1.54, 1.807) is 0 Å². The lowest BCUT2D eigenvalue weighted by Crippen LogP contribution is -2.30. The highest BCUT2D eigenvalue weighted by atomic mass is 35.5. The predicted octanol–water partition coefficient (Wildman–Crippen LogP) is 4.40. The molecule has 1 nitrogen and oxygen atoms in total. The maximum atomic E-state index is 6.21. The fourth-order valence-corrected chi connectivity index (χ4v) is 2.36. The molecular formula is C17H20ClN. The first kappa shape index (κ1) is 14.1. The van der Waals surface area contributed by atoms with Gasteiger partial charge >= 0.3 is 0 Å². The Bertz CT molecular complexity index is 510. The molecule has 2 heteroatoms. The molecule has 1 atom stereocenters. The Hall–Kier alpha value is -1.31. The summed E-state index contributed by atoms with van der Waals surface area (Å²) in [4.78, 5) is 2.34. The lowest BCUT2D eigenvalue weighted by molar-refractivity contribution is 0.248. The molecule has 0 N–H and O–H groups in total. The molecule has 2 rings (SSSR count). The summed E-state index contributed by atoms with van der Waals surface area (Å²) in [5, 5.41) is 0.848. The highest BCUT2D eigenvalue weighted by Gasteiger charge is 2.11. The molecule has 2 aromatic carbocycles. The summed E-state index contributed by atoms with van der Waals surface area (Å²) in [6, 6.07) is 19.1. The summed E-state index contributed by atoms with van der Waals surface area (Å²) in [5.74, 6) is 0. The number of hydrogen-bond acceptors (Lipinski definition) is 1. The van der Waals surface area contributed by atoms with Gasteiger partial charge in [0.1, 0.15) is 0 Å². The van der Waals surface area contributed by atoms with Crippen molar-refractivity contribution in [1.82, 2.24) is 4.90 Å². The highest BCUT2D eigenvalue weighted by molar-refractivity contribution is 6.31. The van der Waals surface area contributed by atoms with Gasteiger partial charge in [0.25, 0.3) is 0 Å². The van der Waals surface area contributed by atoms with Crippen molar-refractivity contribution in [2.45, 2.75) is 25.9 Å². The van der Waals surface area contributed by atoms with Gasteiger partial charge in [-0.2, -0.15) is 0 Å². The minimum Gasteiger partial charge on any atom is -0.299 e. The molecule has 0 fully saturated rings. The average Bonchev–Trinajstić information content (AvgIpc) is 2.42. The largest absolute Gasteiger partial charge is 0.299 e. The van der Waals surface area contributed by atoms with Crippen LogP contribution in [-0.2, 0) is 13.0 Å². The molecule has 0 radical (unpaired) electrons. The molecule has 0 aliphatic rings. The van der Waals surface area contributed by atoms with Gasteiger partial charge in [0.2, 0.25) is 0 Å². The van der Waals surface area contributed by atoms with E-state index in [-0.39, 0.29) is 0 Å². The molecule has 0 spiro atoms. The van der Waals surface area contributed by atoms with Crippen LogP contribution in [0.5, 0.6) is 0 Å². The van der Waals surface area contributed by atoms with Gasteiger partial charge in [-0.3, -0.25) is 4.90 Å². The summed E-state index contributed by atoms with van der Waals surface area (Å²) in [6.07, 6.45) is 1.06. The molecule has 0 saturated carbocycles. The number of rotatable bonds is 5. The van der Waals surface area contributed by atoms with Gasteiger partial charge in [-0.25, -0.2) is 0 Å². The first-order chi connectivity index (χ1) is 9.16. The summed E-state index contributed by atoms with van der Waals surface area (Å²) in [7, 11) is 2.15. The average molecular weight is 274 g/mol. The van der Waals surface area contributed by atoms with Crippen molar-refractivity contribution in [3.05, 3.63) is 70.7 Å². The van der Waals surface area contributed by atoms with E-state index in [9.17, 15) is 0 Å². The Morgan fingerprint density at radius 2 is 1.63 bits per heavy atom. The second-order valence-electron chi connectivity index (χ2n) is 5.05. The second kappa shape index (κ2) is 6.74. The van der Waals surface area contributed by atoms with E-state index in [2.05, 4.69) is 55.3 Å². The summed E-state index contributed by atoms with van der Waals surface area (Å²) >= 11 is 6.21. The van der Waals surface area contributed by atoms with Crippen LogP contribution in [0.25, 0.3) is 0 Å². The number of likely N-dealkylation sites (N-methyl/N-ethyl adjacent to an activating group) is 1. The van der Waals surface area contributed by atoms with Crippen molar-refractivity contribution in [2.24, 2.45) is 0 Å². The van der Waals surface area contributed by atoms with E-state index >= 15 is 0 Å². The van der Waals surface area contributed by atoms with Crippen LogP contribution >= 0.6 is 11.6 Å². The summed E-state index contributed by atoms with van der Waals surface area (Å²) in [6.45, 7) is 3.14. The molecule has 100 valence electrons. The van der Waals surface area contributed by atoms with Gasteiger partial charge in [0.15, 0.2) is 0 Å². The van der Waals surface area contributed by atoms with Crippen molar-refractivity contribution in [3.63, 3.8) is 0 Å². The Labute approximate surface area is 120 Å². The molecule has 0 aliphatic heterocycles. The Morgan fingerprint density at radius 3 is 2.32 bits per heavy atom. The molecular weight excluding hydrogens is 254 g/mol. The fourth-order valence-electron chi connectivity index (χ4n) is 2.16. The minimum atomic E-state index is 0.485. The molecule has 0 bridgehead atoms. The third-order valence-electron chi connectivity index (χ3n) is 3.50. The van der Waals surface area contributed by atoms with Crippen molar-refractivity contribution in [3.8, 4) is 0 Å². The highest BCUT2D eigenvalue weighted by Crippen LogP contribution is 2.18. The SMILES string of the molecule is CC(Cc1ccccc1)N(C)Cc1ccccc1Cl. The van der Waals surface area contributed by atoms with Crippen LogP contribution in [-0.4, -0.2) is 18.0 Å². The zero-order valence-corrected chi connectivity index (χ0v) is 12.3. The zero-order chi connectivity index (χ0) is 13.7. The minimum absolute atomic E-state index is 0.485. The number of hydrogen-bond donors (Lipinski definition) is 0. The molecule has 0 saturated heterocycles. The van der Waals surface area contributed by atoms with E-state index in [0.29, 0.717) is 6.04 Å². The Balaban J connectivity index is 1.96. The maximum absolute atomic E-state index is 6.21. The summed E-state index contributed by atoms with van der Waals surface area (Å²) < 4.78 is 0. The number of benzene rings is 2. The van der Waals surface area contributed by atoms with Crippen LogP contribution in [0.3, 0.4) is 0 Å². The van der Waals surface area contributed by atoms with Crippen molar-refractivity contribution in [1.29, 1.82) is 0 Å². The van der Waals surface area contributed by atoms with E-state index in [1.165, 1.54) is 11.1 Å². The van der Waals surface area contributed by atoms with Gasteiger partial charge in [-0.15, -0.1) is 0 Å². The zero-order valence-electron chi connectivity index (χ0n) is 11.5. The number of nitrogens with zero attached hydrogens (tertiary/aromatic N) is 1. The van der Waals surface area contributed by atoms with Gasteiger partial charge in [-0.05, 0) is 37.6 Å². The quantitative estimate of drug-likeness (QED) is 0.780. The molecule has 2 aromatic rings. The Kier molecular flexibility index (Phi) is 5.00. The number of halogens is 1. The van der Waals surface area contributed by atoms with Crippen LogP contribution in [0.2, 0.25) is 5.02 Å². The monoisotopic (exact) mass is 273 g/mol. The maximum Gasteiger partial charge on any atom is 0.0451 e. The normalized spacial score (nSPS) is 12.6. The standard InChI is InChI=1S/C17H20ClN/c1-14(12-15-8-4-3-5-9-15)19(2)13-16-10-6-7-11-17(16)18/h3-11,14H,12-13H2,1-2H3. The van der Waals surface area contributed by atoms with Crippen LogP contribution in [0.15, 0.2) is 54.6 Å². The first-order valence-electron chi connectivity index (χ1n) is 6.64. The van der Waals surface area contributed by atoms with Crippen LogP contribution in [0, 0.1) is 0 Å².